The van der Waals surface area contributed by atoms with E-state index in [4.69, 9.17) is 16.3 Å². The zero-order chi connectivity index (χ0) is 28.1. The Morgan fingerprint density at radius 3 is 2.75 bits per heavy atom. The first-order valence-corrected chi connectivity index (χ1v) is 14.3. The van der Waals surface area contributed by atoms with Gasteiger partial charge in [0.2, 0.25) is 0 Å². The number of carbonyl (C=O) groups is 2. The molecular weight excluding hydrogens is 530 g/mol. The molecule has 0 bridgehead atoms. The molecule has 1 saturated heterocycles. The molecule has 0 unspecified atom stereocenters. The van der Waals surface area contributed by atoms with Crippen molar-refractivity contribution in [2.75, 3.05) is 26.2 Å². The Bertz CT molecular complexity index is 1330. The van der Waals surface area contributed by atoms with Gasteiger partial charge in [-0.3, -0.25) is 4.79 Å². The summed E-state index contributed by atoms with van der Waals surface area (Å²) in [4.78, 5) is 32.2. The first-order valence-electron chi connectivity index (χ1n) is 13.9. The fourth-order valence-corrected chi connectivity index (χ4v) is 5.99. The molecule has 3 N–H and O–H groups in total. The average molecular weight is 566 g/mol. The van der Waals surface area contributed by atoms with Gasteiger partial charge in [0.1, 0.15) is 5.75 Å². The summed E-state index contributed by atoms with van der Waals surface area (Å²) in [6, 6.07) is 15.0. The Morgan fingerprint density at radius 1 is 1.18 bits per heavy atom. The maximum atomic E-state index is 14.1. The van der Waals surface area contributed by atoms with Gasteiger partial charge in [-0.1, -0.05) is 60.8 Å². The van der Waals surface area contributed by atoms with Gasteiger partial charge in [0.05, 0.1) is 30.7 Å². The first kappa shape index (κ1) is 28.0. The number of carboxylic acid groups (broad SMARTS) is 1. The average Bonchev–Trinajstić information content (AvgIpc) is 3.40. The number of hydrogen-bond donors (Lipinski definition) is 3. The number of imidazole rings is 1. The Kier molecular flexibility index (Phi) is 8.91. The highest BCUT2D eigenvalue weighted by atomic mass is 35.5. The molecule has 2 fully saturated rings. The Balaban J connectivity index is 1.40. The van der Waals surface area contributed by atoms with Gasteiger partial charge in [0, 0.05) is 42.7 Å². The molecule has 10 heteroatoms. The summed E-state index contributed by atoms with van der Waals surface area (Å²) in [5.74, 6) is 0.584. The summed E-state index contributed by atoms with van der Waals surface area (Å²) < 4.78 is 7.99. The lowest BCUT2D eigenvalue weighted by Crippen LogP contribution is -2.54. The van der Waals surface area contributed by atoms with E-state index in [2.05, 4.69) is 15.6 Å². The molecule has 2 aromatic carbocycles. The molecule has 3 aromatic rings. The quantitative estimate of drug-likeness (QED) is 0.349. The van der Waals surface area contributed by atoms with Crippen LogP contribution in [-0.4, -0.2) is 69.9 Å². The van der Waals surface area contributed by atoms with Gasteiger partial charge in [-0.25, -0.2) is 9.78 Å². The van der Waals surface area contributed by atoms with Crippen molar-refractivity contribution in [2.24, 2.45) is 0 Å². The van der Waals surface area contributed by atoms with Crippen LogP contribution in [0.15, 0.2) is 54.9 Å². The molecule has 2 aliphatic rings. The van der Waals surface area contributed by atoms with E-state index in [1.165, 1.54) is 0 Å². The van der Waals surface area contributed by atoms with Crippen LogP contribution in [0.25, 0.3) is 11.3 Å². The number of nitrogens with one attached hydrogen (secondary N) is 2. The number of hydrogen-bond acceptors (Lipinski definition) is 5. The van der Waals surface area contributed by atoms with Gasteiger partial charge >= 0.3 is 6.09 Å². The highest BCUT2D eigenvalue weighted by molar-refractivity contribution is 6.31. The molecule has 0 radical (unpaired) electrons. The predicted octanol–water partition coefficient (Wildman–Crippen LogP) is 5.15. The molecular formula is C30H36ClN5O4. The van der Waals surface area contributed by atoms with E-state index in [1.807, 2.05) is 64.9 Å². The van der Waals surface area contributed by atoms with Crippen molar-refractivity contribution in [3.05, 3.63) is 71.1 Å². The summed E-state index contributed by atoms with van der Waals surface area (Å²) in [7, 11) is 0. The van der Waals surface area contributed by atoms with Crippen molar-refractivity contribution >= 4 is 23.6 Å². The Hall–Kier alpha value is -3.56. The summed E-state index contributed by atoms with van der Waals surface area (Å²) in [6.45, 7) is 4.32. The zero-order valence-electron chi connectivity index (χ0n) is 22.7. The lowest BCUT2D eigenvalue weighted by atomic mass is 9.89. The SMILES string of the molecule is Cc1ccc(OCC[C@@H]2CNCCN2C(=O)c2ncn([C@H]3CCCC[C@@H]3NC(=O)O)c2-c2ccccc2)cc1Cl. The van der Waals surface area contributed by atoms with Gasteiger partial charge < -0.3 is 29.9 Å². The van der Waals surface area contributed by atoms with E-state index in [9.17, 15) is 14.7 Å². The highest BCUT2D eigenvalue weighted by Crippen LogP contribution is 2.35. The third-order valence-electron chi connectivity index (χ3n) is 7.91. The van der Waals surface area contributed by atoms with Crippen LogP contribution in [0.3, 0.4) is 0 Å². The van der Waals surface area contributed by atoms with Gasteiger partial charge in [-0.2, -0.15) is 0 Å². The third-order valence-corrected chi connectivity index (χ3v) is 8.32. The summed E-state index contributed by atoms with van der Waals surface area (Å²) >= 11 is 6.25. The second-order valence-corrected chi connectivity index (χ2v) is 10.9. The van der Waals surface area contributed by atoms with Crippen molar-refractivity contribution in [1.82, 2.24) is 25.1 Å². The summed E-state index contributed by atoms with van der Waals surface area (Å²) in [6.07, 6.45) is 4.84. The van der Waals surface area contributed by atoms with Crippen LogP contribution in [-0.2, 0) is 0 Å². The Morgan fingerprint density at radius 2 is 1.98 bits per heavy atom. The smallest absolute Gasteiger partial charge is 0.404 e. The lowest BCUT2D eigenvalue weighted by molar-refractivity contribution is 0.0601. The van der Waals surface area contributed by atoms with Crippen molar-refractivity contribution in [1.29, 1.82) is 0 Å². The fraction of sp³-hybridized carbons (Fsp3) is 0.433. The van der Waals surface area contributed by atoms with E-state index in [0.29, 0.717) is 49.1 Å². The van der Waals surface area contributed by atoms with Crippen molar-refractivity contribution < 1.29 is 19.4 Å². The number of benzene rings is 2. The van der Waals surface area contributed by atoms with Crippen LogP contribution in [0.4, 0.5) is 4.79 Å². The number of aromatic nitrogens is 2. The van der Waals surface area contributed by atoms with Crippen LogP contribution in [0.2, 0.25) is 5.02 Å². The minimum absolute atomic E-state index is 0.0629. The van der Waals surface area contributed by atoms with Crippen molar-refractivity contribution in [3.8, 4) is 17.0 Å². The molecule has 9 nitrogen and oxygen atoms in total. The van der Waals surface area contributed by atoms with E-state index in [1.54, 1.807) is 6.33 Å². The molecule has 5 rings (SSSR count). The van der Waals surface area contributed by atoms with E-state index >= 15 is 0 Å². The van der Waals surface area contributed by atoms with E-state index in [0.717, 1.165) is 42.5 Å². The van der Waals surface area contributed by atoms with Gasteiger partial charge in [0.15, 0.2) is 5.69 Å². The first-order chi connectivity index (χ1) is 19.4. The monoisotopic (exact) mass is 565 g/mol. The molecule has 1 aromatic heterocycles. The minimum atomic E-state index is -1.03. The maximum Gasteiger partial charge on any atom is 0.404 e. The lowest BCUT2D eigenvalue weighted by Gasteiger charge is -2.36. The fourth-order valence-electron chi connectivity index (χ4n) is 5.82. The second-order valence-electron chi connectivity index (χ2n) is 10.5. The topological polar surface area (TPSA) is 109 Å². The summed E-state index contributed by atoms with van der Waals surface area (Å²) in [5.41, 5.74) is 3.00. The number of amides is 2. The van der Waals surface area contributed by atoms with Gasteiger partial charge in [0.25, 0.3) is 5.91 Å². The third kappa shape index (κ3) is 6.26. The number of piperazine rings is 1. The number of aryl methyl sites for hydroxylation is 1. The van der Waals surface area contributed by atoms with Crippen molar-refractivity contribution in [3.63, 3.8) is 0 Å². The molecule has 0 spiro atoms. The molecule has 3 atom stereocenters. The van der Waals surface area contributed by atoms with Crippen LogP contribution in [0.1, 0.15) is 54.2 Å². The molecule has 2 heterocycles. The standard InChI is InChI=1S/C30H36ClN5O4/c1-20-11-12-23(17-24(20)31)40-16-13-22-18-32-14-15-35(22)29(37)27-28(21-7-3-2-4-8-21)36(19-33-27)26-10-6-5-9-25(26)34-30(38)39/h2-4,7-8,11-12,17,19,22,25-26,32,34H,5-6,9-10,13-16,18H2,1H3,(H,38,39)/t22-,25+,26+/m1/s1. The summed E-state index contributed by atoms with van der Waals surface area (Å²) in [5, 5.41) is 16.2. The molecule has 40 heavy (non-hydrogen) atoms. The number of rotatable bonds is 8. The van der Waals surface area contributed by atoms with Gasteiger partial charge in [-0.15, -0.1) is 0 Å². The minimum Gasteiger partial charge on any atom is -0.493 e. The molecule has 1 aliphatic carbocycles. The number of ether oxygens (including phenoxy) is 1. The number of nitrogens with zero attached hydrogens (tertiary/aromatic N) is 3. The van der Waals surface area contributed by atoms with E-state index in [-0.39, 0.29) is 24.0 Å². The van der Waals surface area contributed by atoms with Crippen LogP contribution in [0, 0.1) is 6.92 Å². The predicted molar refractivity (Wildman–Crippen MR) is 154 cm³/mol. The number of halogens is 1. The molecule has 212 valence electrons. The number of carbonyl (C=O) groups excluding carboxylic acids is 1. The Labute approximate surface area is 239 Å². The van der Waals surface area contributed by atoms with Crippen molar-refractivity contribution in [2.45, 2.75) is 57.2 Å². The molecule has 1 saturated carbocycles. The van der Waals surface area contributed by atoms with Gasteiger partial charge in [-0.05, 0) is 37.5 Å². The second kappa shape index (κ2) is 12.7. The largest absolute Gasteiger partial charge is 0.493 e. The molecule has 1 aliphatic heterocycles. The van der Waals surface area contributed by atoms with Crippen LogP contribution >= 0.6 is 11.6 Å². The zero-order valence-corrected chi connectivity index (χ0v) is 23.4. The normalized spacial score (nSPS) is 21.1. The maximum absolute atomic E-state index is 14.1. The van der Waals surface area contributed by atoms with E-state index < -0.39 is 6.09 Å². The van der Waals surface area contributed by atoms with Crippen LogP contribution < -0.4 is 15.4 Å². The van der Waals surface area contributed by atoms with Crippen LogP contribution in [0.5, 0.6) is 5.75 Å². The molecule has 2 amide bonds. The highest BCUT2D eigenvalue weighted by Gasteiger charge is 2.35.